The van der Waals surface area contributed by atoms with Crippen molar-refractivity contribution in [2.75, 3.05) is 19.2 Å². The molecule has 0 radical (unpaired) electrons. The molecule has 15 heteroatoms. The number of halogens is 5. The topological polar surface area (TPSA) is 122 Å². The molecule has 232 valence electrons. The van der Waals surface area contributed by atoms with Gasteiger partial charge in [0, 0.05) is 23.7 Å². The first-order valence-electron chi connectivity index (χ1n) is 12.8. The van der Waals surface area contributed by atoms with Crippen LogP contribution in [-0.4, -0.2) is 73.5 Å². The summed E-state index contributed by atoms with van der Waals surface area (Å²) in [6.45, 7) is 4.20. The Hall–Kier alpha value is -3.46. The third-order valence-electron chi connectivity index (χ3n) is 6.33. The molecule has 0 bridgehead atoms. The van der Waals surface area contributed by atoms with Crippen molar-refractivity contribution in [1.82, 2.24) is 9.62 Å². The van der Waals surface area contributed by atoms with E-state index in [0.29, 0.717) is 6.07 Å². The van der Waals surface area contributed by atoms with Crippen LogP contribution < -0.4 is 9.46 Å². The van der Waals surface area contributed by atoms with Crippen LogP contribution in [0.15, 0.2) is 30.3 Å². The lowest BCUT2D eigenvalue weighted by molar-refractivity contribution is -0.155. The van der Waals surface area contributed by atoms with Crippen molar-refractivity contribution in [2.24, 2.45) is 0 Å². The number of carbonyl (C=O) groups is 2. The van der Waals surface area contributed by atoms with Crippen LogP contribution in [0.5, 0.6) is 5.75 Å². The molecule has 0 aliphatic carbocycles. The summed E-state index contributed by atoms with van der Waals surface area (Å²) in [6, 6.07) is -0.143. The molecule has 1 heterocycles. The van der Waals surface area contributed by atoms with E-state index in [1.54, 1.807) is 20.8 Å². The lowest BCUT2D eigenvalue weighted by Crippen LogP contribution is -2.62. The maximum absolute atomic E-state index is 15.9. The molecular formula is C27H31F5N2O7S. The van der Waals surface area contributed by atoms with Gasteiger partial charge in [0.15, 0.2) is 11.6 Å². The Morgan fingerprint density at radius 3 is 2.45 bits per heavy atom. The van der Waals surface area contributed by atoms with Gasteiger partial charge in [-0.1, -0.05) is 18.2 Å². The number of sulfonamides is 1. The summed E-state index contributed by atoms with van der Waals surface area (Å²) in [5.74, 6) is -4.56. The maximum Gasteiger partial charge on any atom is 0.407 e. The average molecular weight is 623 g/mol. The smallest absolute Gasteiger partial charge is 0.407 e. The van der Waals surface area contributed by atoms with Crippen LogP contribution in [-0.2, 0) is 26.0 Å². The van der Waals surface area contributed by atoms with Gasteiger partial charge >= 0.3 is 12.1 Å². The van der Waals surface area contributed by atoms with E-state index in [4.69, 9.17) is 9.47 Å². The molecular weight excluding hydrogens is 591 g/mol. The summed E-state index contributed by atoms with van der Waals surface area (Å²) in [6.07, 6.45) is -4.72. The Morgan fingerprint density at radius 1 is 1.14 bits per heavy atom. The normalized spacial score (nSPS) is 19.4. The summed E-state index contributed by atoms with van der Waals surface area (Å²) in [7, 11) is -4.63. The molecule has 2 aromatic rings. The number of piperidine rings is 1. The van der Waals surface area contributed by atoms with Gasteiger partial charge in [0.2, 0.25) is 16.0 Å². The van der Waals surface area contributed by atoms with Crippen LogP contribution in [0.4, 0.5) is 26.7 Å². The SMILES string of the molecule is CC(C)(C)OC(=O)CCOc1c(F)cc(F)cc1-c1cccc(C[C@H]2[C@@H](NS(=O)(=O)CF)[C@@H](F)CCN2C(=O)O)c1F. The fourth-order valence-electron chi connectivity index (χ4n) is 4.62. The second-order valence-corrected chi connectivity index (χ2v) is 12.3. The second-order valence-electron chi connectivity index (χ2n) is 10.6. The number of nitrogens with one attached hydrogen (secondary N) is 1. The van der Waals surface area contributed by atoms with Gasteiger partial charge in [-0.25, -0.2) is 39.9 Å². The standard InChI is InChI=1S/C27H31F5N2O7S/c1-27(2,3)41-22(35)8-10-40-25-18(12-16(29)13-20(25)31)17-6-4-5-15(23(17)32)11-21-24(33-42(38,39)14-28)19(30)7-9-34(21)26(36)37/h4-6,12-13,19,21,24,33H,7-11,14H2,1-3H3,(H,36,37)/t19-,21-,24-/m0/s1. The minimum Gasteiger partial charge on any atom is -0.489 e. The Labute approximate surface area is 239 Å². The van der Waals surface area contributed by atoms with Crippen molar-refractivity contribution >= 4 is 22.1 Å². The molecule has 1 saturated heterocycles. The van der Waals surface area contributed by atoms with Crippen LogP contribution in [0, 0.1) is 17.5 Å². The highest BCUT2D eigenvalue weighted by molar-refractivity contribution is 7.89. The third-order valence-corrected chi connectivity index (χ3v) is 7.25. The number of esters is 1. The fraction of sp³-hybridized carbons (Fsp3) is 0.481. The highest BCUT2D eigenvalue weighted by atomic mass is 32.2. The molecule has 2 N–H and O–H groups in total. The number of ether oxygens (including phenoxy) is 2. The summed E-state index contributed by atoms with van der Waals surface area (Å²) in [5, 5.41) is 9.66. The van der Waals surface area contributed by atoms with E-state index >= 15 is 4.39 Å². The molecule has 0 unspecified atom stereocenters. The molecule has 1 amide bonds. The van der Waals surface area contributed by atoms with E-state index in [2.05, 4.69) is 0 Å². The number of rotatable bonds is 10. The first-order chi connectivity index (χ1) is 19.5. The first-order valence-corrected chi connectivity index (χ1v) is 14.5. The highest BCUT2D eigenvalue weighted by Crippen LogP contribution is 2.37. The number of carbonyl (C=O) groups excluding carboxylic acids is 1. The van der Waals surface area contributed by atoms with Gasteiger partial charge in [0.05, 0.1) is 25.1 Å². The van der Waals surface area contributed by atoms with Crippen molar-refractivity contribution in [3.05, 3.63) is 53.3 Å². The van der Waals surface area contributed by atoms with E-state index in [9.17, 15) is 40.7 Å². The molecule has 0 saturated carbocycles. The zero-order valence-corrected chi connectivity index (χ0v) is 23.8. The fourth-order valence-corrected chi connectivity index (χ4v) is 5.40. The van der Waals surface area contributed by atoms with E-state index in [1.165, 1.54) is 18.2 Å². The number of benzene rings is 2. The van der Waals surface area contributed by atoms with Crippen LogP contribution >= 0.6 is 0 Å². The van der Waals surface area contributed by atoms with Crippen LogP contribution in [0.25, 0.3) is 11.1 Å². The molecule has 1 aliphatic rings. The summed E-state index contributed by atoms with van der Waals surface area (Å²) in [4.78, 5) is 24.6. The van der Waals surface area contributed by atoms with Crippen LogP contribution in [0.2, 0.25) is 0 Å². The number of hydrogen-bond donors (Lipinski definition) is 2. The number of nitrogens with zero attached hydrogens (tertiary/aromatic N) is 1. The van der Waals surface area contributed by atoms with Gasteiger partial charge in [-0.2, -0.15) is 0 Å². The van der Waals surface area contributed by atoms with E-state index in [-0.39, 0.29) is 29.7 Å². The predicted molar refractivity (Wildman–Crippen MR) is 141 cm³/mol. The van der Waals surface area contributed by atoms with Gasteiger partial charge in [-0.3, -0.25) is 4.79 Å². The Balaban J connectivity index is 1.97. The molecule has 0 aromatic heterocycles. The van der Waals surface area contributed by atoms with Gasteiger partial charge in [-0.05, 0) is 45.2 Å². The molecule has 3 atom stereocenters. The van der Waals surface area contributed by atoms with Crippen molar-refractivity contribution in [2.45, 2.75) is 63.9 Å². The quantitative estimate of drug-likeness (QED) is 0.290. The van der Waals surface area contributed by atoms with Gasteiger partial charge in [0.25, 0.3) is 0 Å². The third kappa shape index (κ3) is 8.31. The summed E-state index contributed by atoms with van der Waals surface area (Å²) in [5.41, 5.74) is -1.76. The molecule has 9 nitrogen and oxygen atoms in total. The van der Waals surface area contributed by atoms with Gasteiger partial charge < -0.3 is 19.5 Å². The van der Waals surface area contributed by atoms with Gasteiger partial charge in [-0.15, -0.1) is 0 Å². The van der Waals surface area contributed by atoms with E-state index in [0.717, 1.165) is 11.0 Å². The lowest BCUT2D eigenvalue weighted by atomic mass is 9.89. The average Bonchev–Trinajstić information content (AvgIpc) is 2.87. The molecule has 3 rings (SSSR count). The maximum atomic E-state index is 15.9. The second kappa shape index (κ2) is 13.2. The predicted octanol–water partition coefficient (Wildman–Crippen LogP) is 4.73. The Morgan fingerprint density at radius 2 is 1.83 bits per heavy atom. The summed E-state index contributed by atoms with van der Waals surface area (Å²) < 4.78 is 109. The molecule has 42 heavy (non-hydrogen) atoms. The molecule has 1 fully saturated rings. The minimum absolute atomic E-state index is 0.244. The molecule has 0 spiro atoms. The first kappa shape index (κ1) is 33.0. The van der Waals surface area contributed by atoms with Crippen molar-refractivity contribution in [1.29, 1.82) is 0 Å². The Bertz CT molecular complexity index is 1420. The van der Waals surface area contributed by atoms with E-state index < -0.39 is 94.6 Å². The van der Waals surface area contributed by atoms with Crippen molar-refractivity contribution in [3.8, 4) is 16.9 Å². The van der Waals surface area contributed by atoms with E-state index in [1.807, 2.05) is 4.72 Å². The monoisotopic (exact) mass is 622 g/mol. The van der Waals surface area contributed by atoms with Crippen LogP contribution in [0.3, 0.4) is 0 Å². The molecule has 2 aromatic carbocycles. The lowest BCUT2D eigenvalue weighted by Gasteiger charge is -2.41. The number of amides is 1. The highest BCUT2D eigenvalue weighted by Gasteiger charge is 2.43. The number of alkyl halides is 2. The number of carboxylic acid groups (broad SMARTS) is 1. The zero-order valence-electron chi connectivity index (χ0n) is 23.0. The zero-order chi connectivity index (χ0) is 31.4. The largest absolute Gasteiger partial charge is 0.489 e. The number of likely N-dealkylation sites (tertiary alicyclic amines) is 1. The van der Waals surface area contributed by atoms with Gasteiger partial charge in [0.1, 0.15) is 23.4 Å². The number of hydrogen-bond acceptors (Lipinski definition) is 6. The van der Waals surface area contributed by atoms with Crippen molar-refractivity contribution in [3.63, 3.8) is 0 Å². The Kier molecular flexibility index (Phi) is 10.4. The molecule has 1 aliphatic heterocycles. The van der Waals surface area contributed by atoms with Crippen LogP contribution in [0.1, 0.15) is 39.2 Å². The summed E-state index contributed by atoms with van der Waals surface area (Å²) >= 11 is 0. The minimum atomic E-state index is -4.63. The van der Waals surface area contributed by atoms with Crippen molar-refractivity contribution < 1.29 is 54.5 Å².